The van der Waals surface area contributed by atoms with E-state index in [0.717, 1.165) is 16.7 Å². The molecule has 1 aliphatic heterocycles. The monoisotopic (exact) mass is 504 g/mol. The Labute approximate surface area is 215 Å². The summed E-state index contributed by atoms with van der Waals surface area (Å²) in [5.41, 5.74) is 3.82. The van der Waals surface area contributed by atoms with Crippen LogP contribution in [0, 0.1) is 0 Å². The number of carbonyl (C=O) groups is 3. The molecule has 0 bridgehead atoms. The first-order valence-electron chi connectivity index (χ1n) is 12.3. The summed E-state index contributed by atoms with van der Waals surface area (Å²) in [6.07, 6.45) is 0.473. The van der Waals surface area contributed by atoms with E-state index in [-0.39, 0.29) is 50.3 Å². The molecule has 0 saturated heterocycles. The molecule has 1 aliphatic rings. The molecule has 3 aromatic rings. The van der Waals surface area contributed by atoms with Gasteiger partial charge in [-0.05, 0) is 31.9 Å². The zero-order chi connectivity index (χ0) is 26.6. The van der Waals surface area contributed by atoms with Gasteiger partial charge in [0.05, 0.1) is 17.9 Å². The minimum absolute atomic E-state index is 0.0136. The molecule has 0 fully saturated rings. The van der Waals surface area contributed by atoms with Gasteiger partial charge in [0.1, 0.15) is 12.2 Å². The molecule has 194 valence electrons. The first-order chi connectivity index (χ1) is 17.7. The number of hydrogen-bond acceptors (Lipinski definition) is 6. The van der Waals surface area contributed by atoms with Crippen molar-refractivity contribution in [3.05, 3.63) is 54.1 Å². The van der Waals surface area contributed by atoms with E-state index in [2.05, 4.69) is 20.9 Å². The summed E-state index contributed by atoms with van der Waals surface area (Å²) >= 11 is 0. The average Bonchev–Trinajstić information content (AvgIpc) is 3.27. The van der Waals surface area contributed by atoms with Crippen LogP contribution in [0.4, 0.5) is 5.69 Å². The average molecular weight is 505 g/mol. The number of fused-ring (bicyclic) bond motifs is 5. The highest BCUT2D eigenvalue weighted by Gasteiger charge is 2.30. The second-order valence-corrected chi connectivity index (χ2v) is 9.68. The van der Waals surface area contributed by atoms with Gasteiger partial charge >= 0.3 is 0 Å². The molecule has 10 heteroatoms. The number of aliphatic hydroxyl groups is 1. The van der Waals surface area contributed by atoms with Crippen molar-refractivity contribution in [2.45, 2.75) is 51.7 Å². The zero-order valence-electron chi connectivity index (χ0n) is 21.3. The molecule has 1 aromatic heterocycles. The number of carbonyl (C=O) groups excluding carboxylic acids is 3. The molecule has 0 unspecified atom stereocenters. The number of para-hydroxylation sites is 1. The van der Waals surface area contributed by atoms with E-state index in [4.69, 9.17) is 0 Å². The number of aliphatic hydroxyl groups excluding tert-OH is 1. The summed E-state index contributed by atoms with van der Waals surface area (Å²) in [7, 11) is 1.57. The van der Waals surface area contributed by atoms with Gasteiger partial charge in [-0.2, -0.15) is 0 Å². The van der Waals surface area contributed by atoms with Gasteiger partial charge in [0.2, 0.25) is 17.7 Å². The number of benzene rings is 2. The fourth-order valence-electron chi connectivity index (χ4n) is 4.50. The minimum Gasteiger partial charge on any atom is -0.396 e. The maximum absolute atomic E-state index is 13.5. The number of amides is 3. The lowest BCUT2D eigenvalue weighted by Gasteiger charge is -2.29. The van der Waals surface area contributed by atoms with E-state index in [9.17, 15) is 19.5 Å². The number of hydrogen-bond donors (Lipinski definition) is 3. The van der Waals surface area contributed by atoms with E-state index in [1.54, 1.807) is 16.6 Å². The summed E-state index contributed by atoms with van der Waals surface area (Å²) in [5.74, 6) is -0.636. The Balaban J connectivity index is 1.69. The van der Waals surface area contributed by atoms with Crippen LogP contribution in [0.25, 0.3) is 22.5 Å². The molecule has 2 aromatic carbocycles. The third-order valence-corrected chi connectivity index (χ3v) is 6.44. The lowest BCUT2D eigenvalue weighted by Crippen LogP contribution is -2.44. The lowest BCUT2D eigenvalue weighted by atomic mass is 9.95. The van der Waals surface area contributed by atoms with Gasteiger partial charge in [-0.3, -0.25) is 14.4 Å². The Hall–Kier alpha value is -4.05. The Morgan fingerprint density at radius 3 is 2.43 bits per heavy atom. The second kappa shape index (κ2) is 10.9. The van der Waals surface area contributed by atoms with Gasteiger partial charge in [-0.25, -0.2) is 4.68 Å². The number of likely N-dealkylation sites (N-methyl/N-ethyl adjacent to an activating group) is 1. The first-order valence-corrected chi connectivity index (χ1v) is 12.3. The molecule has 0 atom stereocenters. The smallest absolute Gasteiger partial charge is 0.241 e. The van der Waals surface area contributed by atoms with Gasteiger partial charge in [-0.1, -0.05) is 47.7 Å². The molecule has 2 heterocycles. The van der Waals surface area contributed by atoms with Gasteiger partial charge in [0.25, 0.3) is 0 Å². The van der Waals surface area contributed by atoms with Crippen molar-refractivity contribution in [3.63, 3.8) is 0 Å². The molecule has 3 amide bonds. The van der Waals surface area contributed by atoms with Crippen LogP contribution >= 0.6 is 0 Å². The molecule has 4 rings (SSSR count). The normalized spacial score (nSPS) is 12.5. The van der Waals surface area contributed by atoms with Crippen LogP contribution in [0.1, 0.15) is 38.7 Å². The van der Waals surface area contributed by atoms with Crippen LogP contribution in [-0.2, 0) is 27.5 Å². The van der Waals surface area contributed by atoms with E-state index in [0.29, 0.717) is 23.5 Å². The predicted molar refractivity (Wildman–Crippen MR) is 139 cm³/mol. The number of nitrogens with one attached hydrogen (secondary N) is 2. The Kier molecular flexibility index (Phi) is 7.68. The van der Waals surface area contributed by atoms with E-state index < -0.39 is 5.54 Å². The van der Waals surface area contributed by atoms with Crippen molar-refractivity contribution >= 4 is 23.4 Å². The third-order valence-electron chi connectivity index (χ3n) is 6.44. The molecule has 0 saturated carbocycles. The minimum atomic E-state index is -0.558. The molecule has 0 aliphatic carbocycles. The largest absolute Gasteiger partial charge is 0.396 e. The summed E-state index contributed by atoms with van der Waals surface area (Å²) < 4.78 is 1.58. The topological polar surface area (TPSA) is 129 Å². The van der Waals surface area contributed by atoms with Crippen LogP contribution in [0.3, 0.4) is 0 Å². The molecular weight excluding hydrogens is 472 g/mol. The molecule has 0 radical (unpaired) electrons. The Bertz CT molecular complexity index is 1320. The third kappa shape index (κ3) is 5.69. The number of rotatable bonds is 8. The number of aromatic nitrogens is 3. The highest BCUT2D eigenvalue weighted by atomic mass is 16.3. The van der Waals surface area contributed by atoms with Crippen LogP contribution in [0.15, 0.2) is 48.5 Å². The van der Waals surface area contributed by atoms with Gasteiger partial charge in [0, 0.05) is 43.2 Å². The van der Waals surface area contributed by atoms with E-state index in [1.165, 1.54) is 0 Å². The van der Waals surface area contributed by atoms with Crippen molar-refractivity contribution < 1.29 is 19.5 Å². The van der Waals surface area contributed by atoms with Crippen molar-refractivity contribution in [2.75, 3.05) is 18.6 Å². The van der Waals surface area contributed by atoms with Gasteiger partial charge < -0.3 is 20.6 Å². The molecule has 0 spiro atoms. The molecule has 3 N–H and O–H groups in total. The number of anilines is 1. The van der Waals surface area contributed by atoms with Gasteiger partial charge in [-0.15, -0.1) is 5.10 Å². The summed E-state index contributed by atoms with van der Waals surface area (Å²) in [4.78, 5) is 39.9. The van der Waals surface area contributed by atoms with Crippen molar-refractivity contribution in [3.8, 4) is 22.5 Å². The summed E-state index contributed by atoms with van der Waals surface area (Å²) in [6.45, 7) is 3.94. The van der Waals surface area contributed by atoms with Gasteiger partial charge in [0.15, 0.2) is 0 Å². The standard InChI is InChI=1S/C27H32N6O4/c1-27(2,14-15-34)29-22(35)12-13-24(37)32-16-18-8-4-5-9-19(18)26-25(20-10-6-7-11-21(20)32)30-31-33(26)17-23(36)28-3/h4-11,34H,12-17H2,1-3H3,(H,28,36)(H,29,35). The number of nitrogens with zero attached hydrogens (tertiary/aromatic N) is 4. The maximum Gasteiger partial charge on any atom is 0.241 e. The van der Waals surface area contributed by atoms with Crippen LogP contribution < -0.4 is 15.5 Å². The zero-order valence-corrected chi connectivity index (χ0v) is 21.3. The fourth-order valence-corrected chi connectivity index (χ4v) is 4.50. The Morgan fingerprint density at radius 1 is 1.00 bits per heavy atom. The lowest BCUT2D eigenvalue weighted by molar-refractivity contribution is -0.126. The van der Waals surface area contributed by atoms with Crippen molar-refractivity contribution in [1.82, 2.24) is 25.6 Å². The maximum atomic E-state index is 13.5. The highest BCUT2D eigenvalue weighted by Crippen LogP contribution is 2.41. The second-order valence-electron chi connectivity index (χ2n) is 9.68. The van der Waals surface area contributed by atoms with E-state index >= 15 is 0 Å². The fraction of sp³-hybridized carbons (Fsp3) is 0.370. The summed E-state index contributed by atoms with van der Waals surface area (Å²) in [5, 5.41) is 23.4. The van der Waals surface area contributed by atoms with Crippen molar-refractivity contribution in [2.24, 2.45) is 0 Å². The van der Waals surface area contributed by atoms with E-state index in [1.807, 2.05) is 62.4 Å². The first kappa shape index (κ1) is 26.0. The van der Waals surface area contributed by atoms with Crippen molar-refractivity contribution in [1.29, 1.82) is 0 Å². The van der Waals surface area contributed by atoms with Crippen LogP contribution in [0.2, 0.25) is 0 Å². The molecule has 37 heavy (non-hydrogen) atoms. The Morgan fingerprint density at radius 2 is 1.70 bits per heavy atom. The predicted octanol–water partition coefficient (Wildman–Crippen LogP) is 2.26. The quantitative estimate of drug-likeness (QED) is 0.432. The molecular formula is C27H32N6O4. The summed E-state index contributed by atoms with van der Waals surface area (Å²) in [6, 6.07) is 15.1. The highest BCUT2D eigenvalue weighted by molar-refractivity contribution is 6.01. The SMILES string of the molecule is CNC(=O)Cn1nnc2c1-c1ccccc1CN(C(=O)CCC(=O)NC(C)(C)CCO)c1ccccc1-2. The van der Waals surface area contributed by atoms with Crippen LogP contribution in [0.5, 0.6) is 0 Å². The van der Waals surface area contributed by atoms with Crippen LogP contribution in [-0.4, -0.2) is 57.0 Å². The molecule has 10 nitrogen and oxygen atoms in total.